The van der Waals surface area contributed by atoms with Gasteiger partial charge in [0.05, 0.1) is 20.3 Å². The van der Waals surface area contributed by atoms with E-state index in [1.54, 1.807) is 4.98 Å². The van der Waals surface area contributed by atoms with Gasteiger partial charge in [-0.1, -0.05) is 0 Å². The van der Waals surface area contributed by atoms with Gasteiger partial charge >= 0.3 is 36.0 Å². The zero-order valence-electron chi connectivity index (χ0n) is 20.5. The first-order chi connectivity index (χ1) is 16.7. The second-order valence-corrected chi connectivity index (χ2v) is 20.7. The van der Waals surface area contributed by atoms with Crippen molar-refractivity contribution in [3.63, 3.8) is 0 Å². The minimum absolute atomic E-state index is 0.992. The van der Waals surface area contributed by atoms with E-state index >= 15 is 0 Å². The second-order valence-electron chi connectivity index (χ2n) is 10.2. The third kappa shape index (κ3) is 7.16. The number of alkyl halides is 14. The van der Waals surface area contributed by atoms with Crippen LogP contribution in [-0.4, -0.2) is 57.7 Å². The molecule has 1 aromatic rings. The zero-order chi connectivity index (χ0) is 31.6. The third-order valence-corrected chi connectivity index (χ3v) is 8.68. The molecule has 2 atom stereocenters. The molecule has 0 aliphatic carbocycles. The first kappa shape index (κ1) is 36.6. The molecule has 0 aliphatic heterocycles. The Hall–Kier alpha value is -0.386. The number of nitrogens with one attached hydrogen (secondary N) is 1. The highest BCUT2D eigenvalue weighted by Gasteiger charge is 2.78. The fourth-order valence-corrected chi connectivity index (χ4v) is 5.88. The topological polar surface area (TPSA) is 34.2 Å². The Morgan fingerprint density at radius 2 is 0.769 bits per heavy atom. The van der Waals surface area contributed by atoms with E-state index in [-0.39, 0.29) is 0 Å². The van der Waals surface area contributed by atoms with E-state index < -0.39 is 85.2 Å². The molecule has 0 bridgehead atoms. The smallest absolute Gasteiger partial charge is 0.404 e. The van der Waals surface area contributed by atoms with Crippen LogP contribution in [-0.2, 0) is 8.85 Å². The molecule has 0 aromatic carbocycles. The van der Waals surface area contributed by atoms with Gasteiger partial charge in [-0.2, -0.15) is 61.5 Å². The number of hydrogen-bond donors (Lipinski definition) is 1. The molecule has 0 saturated heterocycles. The van der Waals surface area contributed by atoms with E-state index in [1.165, 1.54) is 0 Å². The Kier molecular flexibility index (Phi) is 10.1. The molecule has 1 N–H and O–H groups in total. The quantitative estimate of drug-likeness (QED) is 0.190. The maximum atomic E-state index is 14.9. The van der Waals surface area contributed by atoms with Crippen LogP contribution in [0.3, 0.4) is 0 Å². The number of hydrogen-bond acceptors (Lipinski definition) is 2. The predicted octanol–water partition coefficient (Wildman–Crippen LogP) is 9.99. The zero-order valence-corrected chi connectivity index (χ0v) is 25.7. The van der Waals surface area contributed by atoms with Gasteiger partial charge in [0.1, 0.15) is 0 Å². The maximum Gasteiger partial charge on any atom is 0.459 e. The van der Waals surface area contributed by atoms with Gasteiger partial charge in [-0.05, 0) is 71.1 Å². The maximum absolute atomic E-state index is 14.9. The average molecular weight is 765 g/mol. The van der Waals surface area contributed by atoms with Crippen LogP contribution in [0.1, 0.15) is 23.6 Å². The summed E-state index contributed by atoms with van der Waals surface area (Å²) >= 11 is 5.05. The fourth-order valence-electron chi connectivity index (χ4n) is 2.90. The Labute approximate surface area is 231 Å². The van der Waals surface area contributed by atoms with E-state index in [0.29, 0.717) is 0 Å². The molecule has 21 heteroatoms. The third-order valence-electron chi connectivity index (χ3n) is 4.61. The predicted molar refractivity (Wildman–Crippen MR) is 122 cm³/mol. The Morgan fingerprint density at radius 1 is 0.538 bits per heavy atom. The summed E-state index contributed by atoms with van der Waals surface area (Å²) in [7, 11) is -7.03. The van der Waals surface area contributed by atoms with Crippen molar-refractivity contribution in [3.8, 4) is 0 Å². The van der Waals surface area contributed by atoms with Crippen molar-refractivity contribution in [2.24, 2.45) is 0 Å². The second kappa shape index (κ2) is 10.7. The minimum atomic E-state index is -6.85. The van der Waals surface area contributed by atoms with Crippen molar-refractivity contribution < 1.29 is 70.3 Å². The van der Waals surface area contributed by atoms with Gasteiger partial charge in [0.25, 0.3) is 0 Å². The summed E-state index contributed by atoms with van der Waals surface area (Å²) in [5, 5.41) is 0. The number of aromatic nitrogens is 1. The molecule has 1 aromatic heterocycles. The average Bonchev–Trinajstić information content (AvgIpc) is 2.95. The SMILES string of the molecule is C[Si](C)(C)OC(c1[nH]c(C(O[Si](C)(C)C)C(F)(F)C(F)(F)C(F)(F)F)c(Br)c1Br)C(F)(F)C(F)(F)C(F)(F)F. The number of halogens is 16. The number of aromatic amines is 1. The molecule has 0 saturated carbocycles. The van der Waals surface area contributed by atoms with Gasteiger partial charge in [-0.25, -0.2) is 0 Å². The van der Waals surface area contributed by atoms with E-state index in [0.717, 1.165) is 39.3 Å². The molecule has 1 rings (SSSR count). The summed E-state index contributed by atoms with van der Waals surface area (Å²) < 4.78 is 201. The van der Waals surface area contributed by atoms with E-state index in [4.69, 9.17) is 8.85 Å². The molecule has 0 spiro atoms. The largest absolute Gasteiger partial charge is 0.459 e. The van der Waals surface area contributed by atoms with Gasteiger partial charge in [0, 0.05) is 0 Å². The molecular weight excluding hydrogens is 744 g/mol. The van der Waals surface area contributed by atoms with Crippen molar-refractivity contribution in [2.75, 3.05) is 0 Å². The number of rotatable bonds is 10. The molecule has 3 nitrogen and oxygen atoms in total. The van der Waals surface area contributed by atoms with Gasteiger partial charge in [-0.3, -0.25) is 0 Å². The molecule has 0 aliphatic rings. The highest BCUT2D eigenvalue weighted by atomic mass is 79.9. The molecule has 39 heavy (non-hydrogen) atoms. The Balaban J connectivity index is 4.07. The molecular formula is C18H21Br2F14NO2Si2. The minimum Gasteiger partial charge on any atom is -0.404 e. The van der Waals surface area contributed by atoms with E-state index in [9.17, 15) is 61.5 Å². The Bertz CT molecular complexity index is 951. The van der Waals surface area contributed by atoms with Crippen LogP contribution in [0, 0.1) is 0 Å². The highest BCUT2D eigenvalue weighted by molar-refractivity contribution is 9.13. The lowest BCUT2D eigenvalue weighted by Crippen LogP contribution is -2.57. The summed E-state index contributed by atoms with van der Waals surface area (Å²) in [5.74, 6) is -25.8. The molecule has 0 fully saturated rings. The van der Waals surface area contributed by atoms with Gasteiger partial charge in [0.2, 0.25) is 0 Å². The summed E-state index contributed by atoms with van der Waals surface area (Å²) in [6.07, 6.45) is -20.8. The lowest BCUT2D eigenvalue weighted by molar-refractivity contribution is -0.371. The number of H-pyrrole nitrogens is 1. The van der Waals surface area contributed by atoms with Crippen molar-refractivity contribution in [2.45, 2.75) is 87.5 Å². The van der Waals surface area contributed by atoms with Crippen molar-refractivity contribution in [3.05, 3.63) is 20.3 Å². The van der Waals surface area contributed by atoms with E-state index in [2.05, 4.69) is 31.9 Å². The van der Waals surface area contributed by atoms with Crippen LogP contribution >= 0.6 is 31.9 Å². The Morgan fingerprint density at radius 3 is 0.949 bits per heavy atom. The van der Waals surface area contributed by atoms with Crippen LogP contribution in [0.15, 0.2) is 8.95 Å². The monoisotopic (exact) mass is 763 g/mol. The van der Waals surface area contributed by atoms with Gasteiger partial charge < -0.3 is 13.8 Å². The van der Waals surface area contributed by atoms with Crippen LogP contribution < -0.4 is 0 Å². The lowest BCUT2D eigenvalue weighted by atomic mass is 10.0. The first-order valence-electron chi connectivity index (χ1n) is 10.3. The molecule has 1 heterocycles. The first-order valence-corrected chi connectivity index (χ1v) is 18.7. The van der Waals surface area contributed by atoms with E-state index in [1.807, 2.05) is 0 Å². The van der Waals surface area contributed by atoms with Crippen LogP contribution in [0.25, 0.3) is 0 Å². The lowest BCUT2D eigenvalue weighted by Gasteiger charge is -2.37. The summed E-state index contributed by atoms with van der Waals surface area (Å²) in [5.41, 5.74) is -2.97. The summed E-state index contributed by atoms with van der Waals surface area (Å²) in [6, 6.07) is 0. The molecule has 2 unspecified atom stereocenters. The highest BCUT2D eigenvalue weighted by Crippen LogP contribution is 2.58. The molecule has 0 radical (unpaired) electrons. The van der Waals surface area contributed by atoms with Crippen LogP contribution in [0.2, 0.25) is 39.3 Å². The van der Waals surface area contributed by atoms with Crippen molar-refractivity contribution >= 4 is 48.5 Å². The normalized spacial score (nSPS) is 17.0. The van der Waals surface area contributed by atoms with Crippen LogP contribution in [0.5, 0.6) is 0 Å². The summed E-state index contributed by atoms with van der Waals surface area (Å²) in [4.78, 5) is 1.59. The van der Waals surface area contributed by atoms with Gasteiger partial charge in [0.15, 0.2) is 28.8 Å². The summed E-state index contributed by atoms with van der Waals surface area (Å²) in [6.45, 7) is 6.52. The van der Waals surface area contributed by atoms with Crippen LogP contribution in [0.4, 0.5) is 61.5 Å². The van der Waals surface area contributed by atoms with Crippen molar-refractivity contribution in [1.29, 1.82) is 0 Å². The van der Waals surface area contributed by atoms with Crippen molar-refractivity contribution in [1.82, 2.24) is 4.98 Å². The molecule has 230 valence electrons. The van der Waals surface area contributed by atoms with Gasteiger partial charge in [-0.15, -0.1) is 0 Å². The standard InChI is InChI=1S/C18H21Br2F14NO2Si2/c1-38(2,3)36-11(13(21,22)15(25,26)17(29,30)31)9-7(19)8(20)10(35-9)12(37-39(4,5)6)14(23,24)16(27,28)18(32,33)34/h11-12,35H,1-6H3. The molecule has 0 amide bonds. The fraction of sp³-hybridized carbons (Fsp3) is 0.778.